The molecule has 1 aliphatic rings. The fourth-order valence-electron chi connectivity index (χ4n) is 3.18. The van der Waals surface area contributed by atoms with Gasteiger partial charge < -0.3 is 14.1 Å². The van der Waals surface area contributed by atoms with E-state index in [1.807, 2.05) is 0 Å². The van der Waals surface area contributed by atoms with Gasteiger partial charge in [0.1, 0.15) is 11.3 Å². The van der Waals surface area contributed by atoms with E-state index >= 15 is 0 Å². The third-order valence-corrected chi connectivity index (χ3v) is 6.19. The van der Waals surface area contributed by atoms with Crippen molar-refractivity contribution in [2.45, 2.75) is 46.3 Å². The van der Waals surface area contributed by atoms with Gasteiger partial charge in [-0.25, -0.2) is 18.0 Å². The molecule has 0 aliphatic carbocycles. The van der Waals surface area contributed by atoms with Gasteiger partial charge in [-0.3, -0.25) is 4.79 Å². The largest absolute Gasteiger partial charge is 0.449 e. The van der Waals surface area contributed by atoms with Crippen molar-refractivity contribution in [3.8, 4) is 0 Å². The minimum atomic E-state index is -3.13. The van der Waals surface area contributed by atoms with E-state index in [1.54, 1.807) is 13.8 Å². The van der Waals surface area contributed by atoms with Crippen molar-refractivity contribution in [2.75, 3.05) is 18.1 Å². The normalized spacial score (nSPS) is 19.8. The second-order valence-corrected chi connectivity index (χ2v) is 8.64. The first-order chi connectivity index (χ1) is 12.1. The summed E-state index contributed by atoms with van der Waals surface area (Å²) >= 11 is 0. The monoisotopic (exact) mass is 385 g/mol. The van der Waals surface area contributed by atoms with Gasteiger partial charge >= 0.3 is 11.6 Å². The number of ether oxygens (including phenoxy) is 1. The number of aryl methyl sites for hydroxylation is 2. The third-order valence-electron chi connectivity index (χ3n) is 4.44. The highest BCUT2D eigenvalue weighted by atomic mass is 32.2. The summed E-state index contributed by atoms with van der Waals surface area (Å²) in [4.78, 5) is 37.8. The van der Waals surface area contributed by atoms with E-state index in [1.165, 1.54) is 24.8 Å². The topological polar surface area (TPSA) is 111 Å². The Morgan fingerprint density at radius 3 is 2.54 bits per heavy atom. The molecule has 2 rings (SSSR count). The molecule has 2 atom stereocenters. The first kappa shape index (κ1) is 20.2. The van der Waals surface area contributed by atoms with E-state index in [2.05, 4.69) is 0 Å². The van der Waals surface area contributed by atoms with Crippen molar-refractivity contribution in [3.63, 3.8) is 0 Å². The van der Waals surface area contributed by atoms with Crippen molar-refractivity contribution in [1.82, 2.24) is 4.90 Å². The number of rotatable bonds is 5. The number of sulfone groups is 1. The smallest absolute Gasteiger partial charge is 0.342 e. The summed E-state index contributed by atoms with van der Waals surface area (Å²) in [6.45, 7) is 6.56. The first-order valence-electron chi connectivity index (χ1n) is 8.39. The molecule has 0 N–H and O–H groups in total. The molecule has 0 bridgehead atoms. The molecule has 144 valence electrons. The number of esters is 1. The van der Waals surface area contributed by atoms with Gasteiger partial charge in [0.2, 0.25) is 0 Å². The summed E-state index contributed by atoms with van der Waals surface area (Å²) in [7, 11) is -3.13. The van der Waals surface area contributed by atoms with Crippen LogP contribution >= 0.6 is 0 Å². The highest BCUT2D eigenvalue weighted by molar-refractivity contribution is 7.91. The second-order valence-electron chi connectivity index (χ2n) is 6.41. The molecule has 8 nitrogen and oxygen atoms in total. The molecule has 9 heteroatoms. The summed E-state index contributed by atoms with van der Waals surface area (Å²) in [6, 6.07) is 0.773. The number of nitrogens with zero attached hydrogens (tertiary/aromatic N) is 1. The van der Waals surface area contributed by atoms with Gasteiger partial charge in [-0.1, -0.05) is 0 Å². The van der Waals surface area contributed by atoms with E-state index in [0.717, 1.165) is 0 Å². The standard InChI is InChI=1S/C17H23NO7S/c1-5-18(13-6-7-26(22,23)9-13)16(20)12(4)25-17(21)15-10(2)8-14(19)24-11(15)3/h8,12-13H,5-7,9H2,1-4H3/t12-,13+/m0/s1. The van der Waals surface area contributed by atoms with Crippen molar-refractivity contribution in [1.29, 1.82) is 0 Å². The average molecular weight is 385 g/mol. The molecule has 1 amide bonds. The van der Waals surface area contributed by atoms with E-state index in [0.29, 0.717) is 18.5 Å². The van der Waals surface area contributed by atoms with E-state index < -0.39 is 39.5 Å². The molecule has 1 saturated heterocycles. The molecule has 0 spiro atoms. The van der Waals surface area contributed by atoms with Crippen LogP contribution in [0.25, 0.3) is 0 Å². The Hall–Kier alpha value is -2.16. The van der Waals surface area contributed by atoms with E-state index in [4.69, 9.17) is 9.15 Å². The van der Waals surface area contributed by atoms with Crippen molar-refractivity contribution in [2.24, 2.45) is 0 Å². The van der Waals surface area contributed by atoms with Gasteiger partial charge in [-0.15, -0.1) is 0 Å². The Balaban J connectivity index is 2.13. The first-order valence-corrected chi connectivity index (χ1v) is 10.2. The fourth-order valence-corrected chi connectivity index (χ4v) is 4.91. The molecule has 2 heterocycles. The van der Waals surface area contributed by atoms with Gasteiger partial charge in [0, 0.05) is 18.7 Å². The quantitative estimate of drug-likeness (QED) is 0.691. The summed E-state index contributed by atoms with van der Waals surface area (Å²) < 4.78 is 33.5. The van der Waals surface area contributed by atoms with Crippen LogP contribution in [-0.2, 0) is 19.4 Å². The van der Waals surface area contributed by atoms with Crippen LogP contribution in [0.2, 0.25) is 0 Å². The minimum absolute atomic E-state index is 0.0526. The van der Waals surface area contributed by atoms with Gasteiger partial charge in [0.05, 0.1) is 11.5 Å². The number of hydrogen-bond donors (Lipinski definition) is 0. The van der Waals surface area contributed by atoms with Crippen molar-refractivity contribution < 1.29 is 27.2 Å². The highest BCUT2D eigenvalue weighted by Gasteiger charge is 2.36. The zero-order valence-corrected chi connectivity index (χ0v) is 16.1. The Morgan fingerprint density at radius 1 is 1.38 bits per heavy atom. The summed E-state index contributed by atoms with van der Waals surface area (Å²) in [5.74, 6) is -1.11. The SMILES string of the molecule is CCN(C(=O)[C@H](C)OC(=O)c1c(C)cc(=O)oc1C)[C@@H]1CCS(=O)(=O)C1. The predicted octanol–water partition coefficient (Wildman–Crippen LogP) is 0.838. The van der Waals surface area contributed by atoms with E-state index in [-0.39, 0.29) is 22.8 Å². The van der Waals surface area contributed by atoms with Gasteiger partial charge in [-0.05, 0) is 39.7 Å². The number of carbonyl (C=O) groups excluding carboxylic acids is 2. The molecule has 0 aromatic carbocycles. The molecule has 1 fully saturated rings. The van der Waals surface area contributed by atoms with Crippen LogP contribution in [0, 0.1) is 13.8 Å². The molecular weight excluding hydrogens is 362 g/mol. The van der Waals surface area contributed by atoms with Crippen molar-refractivity contribution in [3.05, 3.63) is 33.4 Å². The van der Waals surface area contributed by atoms with Gasteiger partial charge in [-0.2, -0.15) is 0 Å². The lowest BCUT2D eigenvalue weighted by Gasteiger charge is -2.29. The fraction of sp³-hybridized carbons (Fsp3) is 0.588. The maximum atomic E-state index is 12.6. The Labute approximate surface area is 152 Å². The molecular formula is C17H23NO7S. The zero-order valence-electron chi connectivity index (χ0n) is 15.3. The van der Waals surface area contributed by atoms with Crippen LogP contribution < -0.4 is 5.63 Å². The summed E-state index contributed by atoms with van der Waals surface area (Å²) in [5.41, 5.74) is -0.0614. The Kier molecular flexibility index (Phi) is 5.90. The molecule has 0 saturated carbocycles. The van der Waals surface area contributed by atoms with Crippen LogP contribution in [0.5, 0.6) is 0 Å². The zero-order chi connectivity index (χ0) is 19.6. The third kappa shape index (κ3) is 4.32. The van der Waals surface area contributed by atoms with Gasteiger partial charge in [0.15, 0.2) is 15.9 Å². The lowest BCUT2D eigenvalue weighted by Crippen LogP contribution is -2.46. The van der Waals surface area contributed by atoms with Crippen LogP contribution in [0.3, 0.4) is 0 Å². The second kappa shape index (κ2) is 7.61. The van der Waals surface area contributed by atoms with Crippen molar-refractivity contribution >= 4 is 21.7 Å². The lowest BCUT2D eigenvalue weighted by molar-refractivity contribution is -0.141. The maximum absolute atomic E-state index is 12.6. The molecule has 0 unspecified atom stereocenters. The minimum Gasteiger partial charge on any atom is -0.449 e. The highest BCUT2D eigenvalue weighted by Crippen LogP contribution is 2.20. The summed E-state index contributed by atoms with van der Waals surface area (Å²) in [6.07, 6.45) is -0.707. The molecule has 1 aliphatic heterocycles. The number of likely N-dealkylation sites (N-methyl/N-ethyl adjacent to an activating group) is 1. The average Bonchev–Trinajstić information content (AvgIpc) is 2.86. The number of amides is 1. The molecule has 1 aromatic heterocycles. The van der Waals surface area contributed by atoms with E-state index in [9.17, 15) is 22.8 Å². The lowest BCUT2D eigenvalue weighted by atomic mass is 10.1. The summed E-state index contributed by atoms with van der Waals surface area (Å²) in [5, 5.41) is 0. The maximum Gasteiger partial charge on any atom is 0.342 e. The Bertz CT molecular complexity index is 845. The van der Waals surface area contributed by atoms with Crippen LogP contribution in [0.15, 0.2) is 15.3 Å². The van der Waals surface area contributed by atoms with Crippen LogP contribution in [-0.4, -0.2) is 55.4 Å². The molecule has 0 radical (unpaired) electrons. The molecule has 1 aromatic rings. The van der Waals surface area contributed by atoms with Crippen LogP contribution in [0.4, 0.5) is 0 Å². The van der Waals surface area contributed by atoms with Gasteiger partial charge in [0.25, 0.3) is 5.91 Å². The number of carbonyl (C=O) groups is 2. The predicted molar refractivity (Wildman–Crippen MR) is 93.8 cm³/mol. The Morgan fingerprint density at radius 2 is 2.04 bits per heavy atom. The van der Waals surface area contributed by atoms with Crippen LogP contribution in [0.1, 0.15) is 41.9 Å². The molecule has 26 heavy (non-hydrogen) atoms. The number of hydrogen-bond acceptors (Lipinski definition) is 7.